The Labute approximate surface area is 99.6 Å². The molecule has 17 heavy (non-hydrogen) atoms. The predicted octanol–water partition coefficient (Wildman–Crippen LogP) is -0.458. The van der Waals surface area contributed by atoms with Crippen LogP contribution >= 0.6 is 0 Å². The first-order chi connectivity index (χ1) is 8.10. The molecule has 1 aromatic heterocycles. The Kier molecular flexibility index (Phi) is 5.05. The smallest absolute Gasteiger partial charge is 0.271 e. The molecule has 0 aromatic carbocycles. The molecule has 1 aromatic rings. The Morgan fingerprint density at radius 1 is 1.65 bits per heavy atom. The highest BCUT2D eigenvalue weighted by atomic mass is 16.5. The van der Waals surface area contributed by atoms with Crippen LogP contribution in [0.2, 0.25) is 0 Å². The number of aromatic nitrogens is 3. The zero-order valence-corrected chi connectivity index (χ0v) is 10.1. The number of nitrogens with two attached hydrogens (primary N) is 1. The molecule has 0 radical (unpaired) electrons. The number of hydrogen-bond acceptors (Lipinski definition) is 5. The van der Waals surface area contributed by atoms with E-state index in [0.717, 1.165) is 0 Å². The van der Waals surface area contributed by atoms with Gasteiger partial charge in [0, 0.05) is 20.3 Å². The van der Waals surface area contributed by atoms with Crippen molar-refractivity contribution in [1.82, 2.24) is 15.0 Å². The SMILES string of the molecule is COCc1c(C(N)=O)nnn1CC(C)CCO. The lowest BCUT2D eigenvalue weighted by atomic mass is 10.1. The number of carbonyl (C=O) groups excluding carboxylic acids is 1. The van der Waals surface area contributed by atoms with E-state index >= 15 is 0 Å². The predicted molar refractivity (Wildman–Crippen MR) is 60.1 cm³/mol. The van der Waals surface area contributed by atoms with Crippen LogP contribution in [0.5, 0.6) is 0 Å². The molecular weight excluding hydrogens is 224 g/mol. The van der Waals surface area contributed by atoms with Crippen molar-refractivity contribution >= 4 is 5.91 Å². The number of rotatable bonds is 7. The molecule has 96 valence electrons. The lowest BCUT2D eigenvalue weighted by Crippen LogP contribution is -2.17. The third-order valence-electron chi connectivity index (χ3n) is 2.46. The number of aliphatic hydroxyl groups excluding tert-OH is 1. The van der Waals surface area contributed by atoms with E-state index in [9.17, 15) is 4.79 Å². The van der Waals surface area contributed by atoms with Crippen LogP contribution in [0.25, 0.3) is 0 Å². The van der Waals surface area contributed by atoms with Gasteiger partial charge in [-0.1, -0.05) is 12.1 Å². The van der Waals surface area contributed by atoms with Crippen molar-refractivity contribution in [2.45, 2.75) is 26.5 Å². The van der Waals surface area contributed by atoms with Crippen molar-refractivity contribution in [2.24, 2.45) is 11.7 Å². The van der Waals surface area contributed by atoms with Crippen molar-refractivity contribution in [1.29, 1.82) is 0 Å². The summed E-state index contributed by atoms with van der Waals surface area (Å²) in [6.07, 6.45) is 0.665. The van der Waals surface area contributed by atoms with E-state index in [1.54, 1.807) is 4.68 Å². The Hall–Kier alpha value is -1.47. The molecule has 3 N–H and O–H groups in total. The topological polar surface area (TPSA) is 103 Å². The van der Waals surface area contributed by atoms with Gasteiger partial charge >= 0.3 is 0 Å². The molecule has 1 heterocycles. The fourth-order valence-electron chi connectivity index (χ4n) is 1.56. The van der Waals surface area contributed by atoms with E-state index in [1.165, 1.54) is 7.11 Å². The molecule has 0 bridgehead atoms. The normalized spacial score (nSPS) is 12.6. The Morgan fingerprint density at radius 3 is 2.88 bits per heavy atom. The van der Waals surface area contributed by atoms with Gasteiger partial charge in [-0.2, -0.15) is 0 Å². The summed E-state index contributed by atoms with van der Waals surface area (Å²) in [5.41, 5.74) is 5.91. The van der Waals surface area contributed by atoms with Crippen LogP contribution in [-0.4, -0.2) is 39.7 Å². The average molecular weight is 242 g/mol. The maximum Gasteiger partial charge on any atom is 0.271 e. The fourth-order valence-corrected chi connectivity index (χ4v) is 1.56. The van der Waals surface area contributed by atoms with Gasteiger partial charge in [0.15, 0.2) is 5.69 Å². The monoisotopic (exact) mass is 242 g/mol. The van der Waals surface area contributed by atoms with Crippen LogP contribution in [0.15, 0.2) is 0 Å². The highest BCUT2D eigenvalue weighted by Crippen LogP contribution is 2.11. The van der Waals surface area contributed by atoms with Gasteiger partial charge in [0.2, 0.25) is 0 Å². The molecule has 0 aliphatic rings. The minimum absolute atomic E-state index is 0.123. The second kappa shape index (κ2) is 6.31. The molecule has 0 saturated heterocycles. The van der Waals surface area contributed by atoms with Gasteiger partial charge in [0.1, 0.15) is 0 Å². The quantitative estimate of drug-likeness (QED) is 0.673. The van der Waals surface area contributed by atoms with Gasteiger partial charge in [0.25, 0.3) is 5.91 Å². The second-order valence-electron chi connectivity index (χ2n) is 3.98. The number of ether oxygens (including phenoxy) is 1. The van der Waals surface area contributed by atoms with E-state index < -0.39 is 5.91 Å². The summed E-state index contributed by atoms with van der Waals surface area (Å²) in [4.78, 5) is 11.1. The molecule has 1 atom stereocenters. The first kappa shape index (κ1) is 13.6. The molecule has 0 fully saturated rings. The number of hydrogen-bond donors (Lipinski definition) is 2. The summed E-state index contributed by atoms with van der Waals surface area (Å²) in [6.45, 7) is 2.91. The minimum Gasteiger partial charge on any atom is -0.396 e. The summed E-state index contributed by atoms with van der Waals surface area (Å²) >= 11 is 0. The second-order valence-corrected chi connectivity index (χ2v) is 3.98. The number of carbonyl (C=O) groups is 1. The van der Waals surface area contributed by atoms with E-state index in [-0.39, 0.29) is 24.8 Å². The molecule has 1 rings (SSSR count). The van der Waals surface area contributed by atoms with Gasteiger partial charge in [-0.15, -0.1) is 5.10 Å². The maximum absolute atomic E-state index is 11.1. The zero-order valence-electron chi connectivity index (χ0n) is 10.1. The molecular formula is C10H18N4O3. The van der Waals surface area contributed by atoms with Crippen LogP contribution in [-0.2, 0) is 17.9 Å². The Morgan fingerprint density at radius 2 is 2.35 bits per heavy atom. The van der Waals surface area contributed by atoms with E-state index in [1.807, 2.05) is 6.92 Å². The van der Waals surface area contributed by atoms with Crippen LogP contribution in [0.1, 0.15) is 29.5 Å². The molecule has 0 spiro atoms. The van der Waals surface area contributed by atoms with Crippen LogP contribution in [0.3, 0.4) is 0 Å². The fraction of sp³-hybridized carbons (Fsp3) is 0.700. The van der Waals surface area contributed by atoms with Crippen LogP contribution in [0, 0.1) is 5.92 Å². The summed E-state index contributed by atoms with van der Waals surface area (Å²) in [7, 11) is 1.53. The number of primary amides is 1. The summed E-state index contributed by atoms with van der Waals surface area (Å²) in [5, 5.41) is 16.5. The lowest BCUT2D eigenvalue weighted by molar-refractivity contribution is 0.0989. The van der Waals surface area contributed by atoms with E-state index in [0.29, 0.717) is 18.7 Å². The molecule has 0 aliphatic heterocycles. The number of nitrogens with zero attached hydrogens (tertiary/aromatic N) is 3. The van der Waals surface area contributed by atoms with E-state index in [2.05, 4.69) is 10.3 Å². The maximum atomic E-state index is 11.1. The van der Waals surface area contributed by atoms with Gasteiger partial charge in [-0.3, -0.25) is 4.79 Å². The van der Waals surface area contributed by atoms with Crippen LogP contribution < -0.4 is 5.73 Å². The molecule has 7 nitrogen and oxygen atoms in total. The highest BCUT2D eigenvalue weighted by Gasteiger charge is 2.18. The van der Waals surface area contributed by atoms with Gasteiger partial charge in [-0.05, 0) is 12.3 Å². The van der Waals surface area contributed by atoms with Gasteiger partial charge < -0.3 is 15.6 Å². The standard InChI is InChI=1S/C10H18N4O3/c1-7(3-4-15)5-14-8(6-17-2)9(10(11)16)12-13-14/h7,15H,3-6H2,1-2H3,(H2,11,16). The summed E-state index contributed by atoms with van der Waals surface area (Å²) in [6, 6.07) is 0. The third-order valence-corrected chi connectivity index (χ3v) is 2.46. The zero-order chi connectivity index (χ0) is 12.8. The van der Waals surface area contributed by atoms with Crippen molar-refractivity contribution in [3.8, 4) is 0 Å². The van der Waals surface area contributed by atoms with Gasteiger partial charge in [0.05, 0.1) is 12.3 Å². The average Bonchev–Trinajstić information content (AvgIpc) is 2.63. The minimum atomic E-state index is -0.613. The number of amides is 1. The summed E-state index contributed by atoms with van der Waals surface area (Å²) in [5.74, 6) is -0.379. The number of aliphatic hydroxyl groups is 1. The van der Waals surface area contributed by atoms with Crippen LogP contribution in [0.4, 0.5) is 0 Å². The molecule has 7 heteroatoms. The highest BCUT2D eigenvalue weighted by molar-refractivity contribution is 5.91. The molecule has 0 aliphatic carbocycles. The van der Waals surface area contributed by atoms with Crippen molar-refractivity contribution in [3.05, 3.63) is 11.4 Å². The summed E-state index contributed by atoms with van der Waals surface area (Å²) < 4.78 is 6.60. The Bertz CT molecular complexity index is 378. The largest absolute Gasteiger partial charge is 0.396 e. The third kappa shape index (κ3) is 3.50. The lowest BCUT2D eigenvalue weighted by Gasteiger charge is -2.11. The van der Waals surface area contributed by atoms with Crippen molar-refractivity contribution in [2.75, 3.05) is 13.7 Å². The van der Waals surface area contributed by atoms with Gasteiger partial charge in [-0.25, -0.2) is 4.68 Å². The van der Waals surface area contributed by atoms with E-state index in [4.69, 9.17) is 15.6 Å². The first-order valence-electron chi connectivity index (χ1n) is 5.42. The molecule has 1 amide bonds. The molecule has 0 saturated carbocycles. The van der Waals surface area contributed by atoms with Crippen molar-refractivity contribution < 1.29 is 14.6 Å². The first-order valence-corrected chi connectivity index (χ1v) is 5.42. The molecule has 1 unspecified atom stereocenters. The Balaban J connectivity index is 2.87. The number of methoxy groups -OCH3 is 1. The van der Waals surface area contributed by atoms with Crippen molar-refractivity contribution in [3.63, 3.8) is 0 Å².